The zero-order chi connectivity index (χ0) is 17.3. The molecule has 1 atom stereocenters. The van der Waals surface area contributed by atoms with Gasteiger partial charge in [0.25, 0.3) is 0 Å². The normalized spacial score (nSPS) is 16.7. The monoisotopic (exact) mass is 336 g/mol. The summed E-state index contributed by atoms with van der Waals surface area (Å²) < 4.78 is 0. The van der Waals surface area contributed by atoms with Crippen LogP contribution in [0.3, 0.4) is 0 Å². The fourth-order valence-electron chi connectivity index (χ4n) is 3.46. The van der Waals surface area contributed by atoms with Gasteiger partial charge in [0.1, 0.15) is 0 Å². The molecule has 0 spiro atoms. The Morgan fingerprint density at radius 1 is 1.00 bits per heavy atom. The van der Waals surface area contributed by atoms with E-state index in [1.807, 2.05) is 29.2 Å². The molecule has 3 heteroatoms. The number of hydrogen-bond acceptors (Lipinski definition) is 2. The van der Waals surface area contributed by atoms with Crippen LogP contribution >= 0.6 is 0 Å². The van der Waals surface area contributed by atoms with E-state index in [-0.39, 0.29) is 5.91 Å². The van der Waals surface area contributed by atoms with Crippen LogP contribution in [0.25, 0.3) is 0 Å². The van der Waals surface area contributed by atoms with Crippen LogP contribution in [0.15, 0.2) is 60.7 Å². The van der Waals surface area contributed by atoms with Crippen LogP contribution < -0.4 is 5.32 Å². The Balaban J connectivity index is 1.59. The van der Waals surface area contributed by atoms with Crippen molar-refractivity contribution in [2.75, 3.05) is 13.1 Å². The molecular weight excluding hydrogens is 308 g/mol. The van der Waals surface area contributed by atoms with Gasteiger partial charge >= 0.3 is 0 Å². The topological polar surface area (TPSA) is 32.3 Å². The highest BCUT2D eigenvalue weighted by atomic mass is 16.2. The van der Waals surface area contributed by atoms with Crippen LogP contribution in [0.2, 0.25) is 0 Å². The second kappa shape index (κ2) is 9.38. The minimum absolute atomic E-state index is 0.272. The lowest BCUT2D eigenvalue weighted by Crippen LogP contribution is -2.33. The first-order valence-electron chi connectivity index (χ1n) is 9.40. The molecule has 1 amide bonds. The van der Waals surface area contributed by atoms with E-state index < -0.39 is 0 Å². The van der Waals surface area contributed by atoms with Crippen LogP contribution in [0, 0.1) is 0 Å². The molecule has 3 nitrogen and oxygen atoms in total. The predicted octanol–water partition coefficient (Wildman–Crippen LogP) is 3.79. The molecule has 0 bridgehead atoms. The molecule has 1 aliphatic rings. The molecule has 1 heterocycles. The molecule has 0 aromatic heterocycles. The number of benzene rings is 2. The summed E-state index contributed by atoms with van der Waals surface area (Å²) in [5.41, 5.74) is 2.48. The van der Waals surface area contributed by atoms with Crippen molar-refractivity contribution >= 4 is 5.91 Å². The van der Waals surface area contributed by atoms with E-state index in [0.29, 0.717) is 19.0 Å². The summed E-state index contributed by atoms with van der Waals surface area (Å²) in [6.07, 6.45) is 4.94. The number of carbonyl (C=O) groups excluding carboxylic acids is 1. The van der Waals surface area contributed by atoms with Gasteiger partial charge in [-0.05, 0) is 43.4 Å². The second-order valence-electron chi connectivity index (χ2n) is 6.87. The smallest absolute Gasteiger partial charge is 0.222 e. The molecule has 3 rings (SSSR count). The van der Waals surface area contributed by atoms with Gasteiger partial charge in [0, 0.05) is 25.6 Å². The van der Waals surface area contributed by atoms with Gasteiger partial charge in [-0.25, -0.2) is 0 Å². The maximum Gasteiger partial charge on any atom is 0.222 e. The molecule has 1 unspecified atom stereocenters. The molecule has 2 aromatic carbocycles. The molecular formula is C22H28N2O. The number of nitrogens with one attached hydrogen (secondary N) is 1. The minimum Gasteiger partial charge on any atom is -0.338 e. The number of amides is 1. The van der Waals surface area contributed by atoms with Gasteiger partial charge < -0.3 is 10.2 Å². The molecule has 1 aliphatic heterocycles. The van der Waals surface area contributed by atoms with Crippen molar-refractivity contribution < 1.29 is 4.79 Å². The van der Waals surface area contributed by atoms with Crippen molar-refractivity contribution in [2.24, 2.45) is 0 Å². The summed E-state index contributed by atoms with van der Waals surface area (Å²) >= 11 is 0. The van der Waals surface area contributed by atoms with Crippen LogP contribution in [0.5, 0.6) is 0 Å². The van der Waals surface area contributed by atoms with Gasteiger partial charge in [-0.2, -0.15) is 0 Å². The predicted molar refractivity (Wildman–Crippen MR) is 102 cm³/mol. The van der Waals surface area contributed by atoms with Crippen LogP contribution in [-0.4, -0.2) is 29.9 Å². The average Bonchev–Trinajstić information content (AvgIpc) is 3.18. The Morgan fingerprint density at radius 2 is 1.68 bits per heavy atom. The van der Waals surface area contributed by atoms with Gasteiger partial charge in [-0.1, -0.05) is 60.7 Å². The lowest BCUT2D eigenvalue weighted by atomic mass is 10.1. The third-order valence-electron chi connectivity index (χ3n) is 4.95. The van der Waals surface area contributed by atoms with Gasteiger partial charge in [0.15, 0.2) is 0 Å². The van der Waals surface area contributed by atoms with E-state index in [4.69, 9.17) is 0 Å². The standard InChI is InChI=1S/C22H28N2O/c25-22(14-13-21-12-7-16-23-21)24(18-20-10-5-2-6-11-20)17-15-19-8-3-1-4-9-19/h1-6,8-11,21,23H,7,12-18H2. The molecule has 2 aromatic rings. The Hall–Kier alpha value is -2.13. The quantitative estimate of drug-likeness (QED) is 0.795. The molecule has 0 aliphatic carbocycles. The number of hydrogen-bond donors (Lipinski definition) is 1. The highest BCUT2D eigenvalue weighted by Gasteiger charge is 2.19. The summed E-state index contributed by atoms with van der Waals surface area (Å²) in [7, 11) is 0. The molecule has 1 fully saturated rings. The van der Waals surface area contributed by atoms with E-state index in [1.165, 1.54) is 24.0 Å². The first-order chi connectivity index (χ1) is 12.3. The fraction of sp³-hybridized carbons (Fsp3) is 0.409. The van der Waals surface area contributed by atoms with Crippen molar-refractivity contribution in [2.45, 2.75) is 44.7 Å². The zero-order valence-electron chi connectivity index (χ0n) is 14.9. The summed E-state index contributed by atoms with van der Waals surface area (Å²) in [6, 6.07) is 21.2. The summed E-state index contributed by atoms with van der Waals surface area (Å²) in [5.74, 6) is 0.272. The van der Waals surface area contributed by atoms with Gasteiger partial charge in [-0.15, -0.1) is 0 Å². The molecule has 25 heavy (non-hydrogen) atoms. The van der Waals surface area contributed by atoms with E-state index in [0.717, 1.165) is 25.9 Å². The van der Waals surface area contributed by atoms with Crippen LogP contribution in [-0.2, 0) is 17.8 Å². The van der Waals surface area contributed by atoms with Gasteiger partial charge in [0.2, 0.25) is 5.91 Å². The SMILES string of the molecule is O=C(CCC1CCCN1)N(CCc1ccccc1)Cc1ccccc1. The summed E-state index contributed by atoms with van der Waals surface area (Å²) in [4.78, 5) is 14.8. The Labute approximate surface area is 151 Å². The van der Waals surface area contributed by atoms with Crippen molar-refractivity contribution in [1.29, 1.82) is 0 Å². The van der Waals surface area contributed by atoms with Crippen molar-refractivity contribution in [3.8, 4) is 0 Å². The first-order valence-corrected chi connectivity index (χ1v) is 9.40. The largest absolute Gasteiger partial charge is 0.338 e. The molecule has 1 saturated heterocycles. The first kappa shape index (κ1) is 17.7. The fourth-order valence-corrected chi connectivity index (χ4v) is 3.46. The zero-order valence-corrected chi connectivity index (χ0v) is 14.9. The summed E-state index contributed by atoms with van der Waals surface area (Å²) in [6.45, 7) is 2.57. The molecule has 0 saturated carbocycles. The van der Waals surface area contributed by atoms with E-state index in [9.17, 15) is 4.79 Å². The van der Waals surface area contributed by atoms with E-state index in [1.54, 1.807) is 0 Å². The average molecular weight is 336 g/mol. The van der Waals surface area contributed by atoms with E-state index >= 15 is 0 Å². The third-order valence-corrected chi connectivity index (χ3v) is 4.95. The van der Waals surface area contributed by atoms with E-state index in [2.05, 4.69) is 41.7 Å². The number of carbonyl (C=O) groups is 1. The number of nitrogens with zero attached hydrogens (tertiary/aromatic N) is 1. The van der Waals surface area contributed by atoms with Gasteiger partial charge in [-0.3, -0.25) is 4.79 Å². The minimum atomic E-state index is 0.272. The Morgan fingerprint density at radius 3 is 2.32 bits per heavy atom. The maximum atomic E-state index is 12.8. The lowest BCUT2D eigenvalue weighted by molar-refractivity contribution is -0.132. The Kier molecular flexibility index (Phi) is 6.63. The highest BCUT2D eigenvalue weighted by molar-refractivity contribution is 5.76. The highest BCUT2D eigenvalue weighted by Crippen LogP contribution is 2.14. The van der Waals surface area contributed by atoms with Crippen molar-refractivity contribution in [3.05, 3.63) is 71.8 Å². The lowest BCUT2D eigenvalue weighted by Gasteiger charge is -2.24. The molecule has 0 radical (unpaired) electrons. The maximum absolute atomic E-state index is 12.8. The molecule has 1 N–H and O–H groups in total. The van der Waals surface area contributed by atoms with Crippen molar-refractivity contribution in [3.63, 3.8) is 0 Å². The van der Waals surface area contributed by atoms with Gasteiger partial charge in [0.05, 0.1) is 0 Å². The second-order valence-corrected chi connectivity index (χ2v) is 6.87. The van der Waals surface area contributed by atoms with Crippen LogP contribution in [0.4, 0.5) is 0 Å². The van der Waals surface area contributed by atoms with Crippen LogP contribution in [0.1, 0.15) is 36.8 Å². The summed E-state index contributed by atoms with van der Waals surface area (Å²) in [5, 5.41) is 3.49. The number of rotatable bonds is 8. The third kappa shape index (κ3) is 5.71. The molecule has 132 valence electrons. The van der Waals surface area contributed by atoms with Crippen molar-refractivity contribution in [1.82, 2.24) is 10.2 Å². The Bertz CT molecular complexity index is 636.